The van der Waals surface area contributed by atoms with Gasteiger partial charge in [-0.05, 0) is 12.3 Å². The first-order valence-corrected chi connectivity index (χ1v) is 4.66. The van der Waals surface area contributed by atoms with Crippen molar-refractivity contribution in [2.75, 3.05) is 6.54 Å². The minimum Gasteiger partial charge on any atom is -0.275 e. The molecule has 1 aliphatic carbocycles. The van der Waals surface area contributed by atoms with E-state index in [4.69, 9.17) is 0 Å². The van der Waals surface area contributed by atoms with Crippen LogP contribution in [0.15, 0.2) is 36.5 Å². The molecule has 1 aliphatic heterocycles. The number of allylic oxidation sites excluding steroid dienone is 4. The second-order valence-electron chi connectivity index (χ2n) is 3.38. The molecular formula is C11H11NO2. The maximum atomic E-state index is 11.2. The van der Waals surface area contributed by atoms with Crippen molar-refractivity contribution in [2.45, 2.75) is 6.42 Å². The first-order chi connectivity index (χ1) is 6.77. The van der Waals surface area contributed by atoms with Crippen molar-refractivity contribution < 1.29 is 9.59 Å². The zero-order valence-electron chi connectivity index (χ0n) is 7.72. The van der Waals surface area contributed by atoms with Gasteiger partial charge in [-0.15, -0.1) is 0 Å². The van der Waals surface area contributed by atoms with Gasteiger partial charge >= 0.3 is 0 Å². The maximum Gasteiger partial charge on any atom is 0.253 e. The zero-order chi connectivity index (χ0) is 9.97. The highest BCUT2D eigenvalue weighted by molar-refractivity contribution is 6.12. The summed E-state index contributed by atoms with van der Waals surface area (Å²) in [5.74, 6) is -0.0156. The van der Waals surface area contributed by atoms with Crippen LogP contribution in [0.25, 0.3) is 0 Å². The van der Waals surface area contributed by atoms with E-state index >= 15 is 0 Å². The van der Waals surface area contributed by atoms with E-state index in [0.29, 0.717) is 12.5 Å². The highest BCUT2D eigenvalue weighted by atomic mass is 16.2. The summed E-state index contributed by atoms with van der Waals surface area (Å²) in [7, 11) is 0. The summed E-state index contributed by atoms with van der Waals surface area (Å²) in [4.78, 5) is 23.6. The van der Waals surface area contributed by atoms with Crippen molar-refractivity contribution in [2.24, 2.45) is 5.92 Å². The predicted octanol–water partition coefficient (Wildman–Crippen LogP) is 1.04. The number of amides is 2. The third kappa shape index (κ3) is 1.66. The Morgan fingerprint density at radius 3 is 2.21 bits per heavy atom. The number of hydrogen-bond acceptors (Lipinski definition) is 2. The second-order valence-corrected chi connectivity index (χ2v) is 3.38. The number of carbonyl (C=O) groups excluding carboxylic acids is 2. The van der Waals surface area contributed by atoms with Crippen LogP contribution in [0.3, 0.4) is 0 Å². The second kappa shape index (κ2) is 3.62. The number of carbonyl (C=O) groups is 2. The average molecular weight is 189 g/mol. The van der Waals surface area contributed by atoms with Gasteiger partial charge < -0.3 is 0 Å². The Morgan fingerprint density at radius 2 is 1.64 bits per heavy atom. The molecule has 72 valence electrons. The quantitative estimate of drug-likeness (QED) is 0.622. The molecule has 0 bridgehead atoms. The number of nitrogens with zero attached hydrogens (tertiary/aromatic N) is 1. The van der Waals surface area contributed by atoms with Gasteiger partial charge in [0.25, 0.3) is 11.8 Å². The Morgan fingerprint density at radius 1 is 1.07 bits per heavy atom. The largest absolute Gasteiger partial charge is 0.275 e. The van der Waals surface area contributed by atoms with Gasteiger partial charge in [0, 0.05) is 18.7 Å². The molecule has 0 N–H and O–H groups in total. The van der Waals surface area contributed by atoms with Gasteiger partial charge in [-0.2, -0.15) is 0 Å². The molecular weight excluding hydrogens is 178 g/mol. The van der Waals surface area contributed by atoms with Gasteiger partial charge in [-0.25, -0.2) is 0 Å². The van der Waals surface area contributed by atoms with Crippen LogP contribution < -0.4 is 0 Å². The third-order valence-electron chi connectivity index (χ3n) is 2.41. The molecule has 0 radical (unpaired) electrons. The first-order valence-electron chi connectivity index (χ1n) is 4.66. The highest BCUT2D eigenvalue weighted by Crippen LogP contribution is 2.15. The smallest absolute Gasteiger partial charge is 0.253 e. The van der Waals surface area contributed by atoms with E-state index in [0.717, 1.165) is 6.42 Å². The number of hydrogen-bond donors (Lipinski definition) is 0. The maximum absolute atomic E-state index is 11.2. The van der Waals surface area contributed by atoms with Crippen LogP contribution in [0.5, 0.6) is 0 Å². The van der Waals surface area contributed by atoms with E-state index in [2.05, 4.69) is 12.2 Å². The van der Waals surface area contributed by atoms with E-state index < -0.39 is 0 Å². The molecule has 0 atom stereocenters. The summed E-state index contributed by atoms with van der Waals surface area (Å²) in [6.07, 6.45) is 11.6. The average Bonchev–Trinajstić information content (AvgIpc) is 2.76. The highest BCUT2D eigenvalue weighted by Gasteiger charge is 2.23. The normalized spacial score (nSPS) is 20.4. The molecule has 14 heavy (non-hydrogen) atoms. The number of rotatable bonds is 3. The SMILES string of the molecule is O=C1C=CC(=O)N1CCC1C=CC=C1. The van der Waals surface area contributed by atoms with Crippen LogP contribution in [0.1, 0.15) is 6.42 Å². The molecule has 0 unspecified atom stereocenters. The van der Waals surface area contributed by atoms with Crippen LogP contribution in [-0.4, -0.2) is 23.3 Å². The molecule has 0 aromatic heterocycles. The van der Waals surface area contributed by atoms with Crippen molar-refractivity contribution in [3.8, 4) is 0 Å². The van der Waals surface area contributed by atoms with Gasteiger partial charge in [0.1, 0.15) is 0 Å². The van der Waals surface area contributed by atoms with Gasteiger partial charge in [0.2, 0.25) is 0 Å². The van der Waals surface area contributed by atoms with Gasteiger partial charge in [-0.3, -0.25) is 14.5 Å². The van der Waals surface area contributed by atoms with E-state index in [9.17, 15) is 9.59 Å². The van der Waals surface area contributed by atoms with Crippen molar-refractivity contribution >= 4 is 11.8 Å². The molecule has 3 nitrogen and oxygen atoms in total. The molecule has 0 fully saturated rings. The summed E-state index contributed by atoms with van der Waals surface area (Å²) in [5, 5.41) is 0. The van der Waals surface area contributed by atoms with Gasteiger partial charge in [0.05, 0.1) is 0 Å². The molecule has 0 aromatic rings. The summed E-state index contributed by atoms with van der Waals surface area (Å²) < 4.78 is 0. The molecule has 2 rings (SSSR count). The molecule has 0 saturated heterocycles. The Labute approximate surface area is 82.4 Å². The number of imide groups is 1. The van der Waals surface area contributed by atoms with E-state index in [1.165, 1.54) is 17.1 Å². The lowest BCUT2D eigenvalue weighted by Crippen LogP contribution is -2.31. The Balaban J connectivity index is 1.86. The molecule has 0 aromatic carbocycles. The van der Waals surface area contributed by atoms with Crippen molar-refractivity contribution in [1.29, 1.82) is 0 Å². The Hall–Kier alpha value is -1.64. The Bertz CT molecular complexity index is 322. The lowest BCUT2D eigenvalue weighted by molar-refractivity contribution is -0.136. The van der Waals surface area contributed by atoms with Crippen LogP contribution in [-0.2, 0) is 9.59 Å². The van der Waals surface area contributed by atoms with Gasteiger partial charge in [0.15, 0.2) is 0 Å². The van der Waals surface area contributed by atoms with Crippen molar-refractivity contribution in [3.05, 3.63) is 36.5 Å². The fourth-order valence-electron chi connectivity index (χ4n) is 1.60. The predicted molar refractivity (Wildman–Crippen MR) is 52.2 cm³/mol. The van der Waals surface area contributed by atoms with E-state index in [-0.39, 0.29) is 11.8 Å². The molecule has 0 saturated carbocycles. The third-order valence-corrected chi connectivity index (χ3v) is 2.41. The van der Waals surface area contributed by atoms with E-state index in [1.54, 1.807) is 0 Å². The summed E-state index contributed by atoms with van der Waals surface area (Å²) in [5.41, 5.74) is 0. The van der Waals surface area contributed by atoms with Crippen LogP contribution >= 0.6 is 0 Å². The summed E-state index contributed by atoms with van der Waals surface area (Å²) >= 11 is 0. The topological polar surface area (TPSA) is 37.4 Å². The van der Waals surface area contributed by atoms with Crippen LogP contribution in [0.2, 0.25) is 0 Å². The fraction of sp³-hybridized carbons (Fsp3) is 0.273. The summed E-state index contributed by atoms with van der Waals surface area (Å²) in [6, 6.07) is 0. The van der Waals surface area contributed by atoms with Crippen LogP contribution in [0, 0.1) is 5.92 Å². The summed E-state index contributed by atoms with van der Waals surface area (Å²) in [6.45, 7) is 0.504. The molecule has 2 aliphatic rings. The minimum atomic E-state index is -0.194. The standard InChI is InChI=1S/C11H11NO2/c13-10-5-6-11(14)12(10)8-7-9-3-1-2-4-9/h1-6,9H,7-8H2. The first kappa shape index (κ1) is 8.94. The molecule has 0 spiro atoms. The molecule has 3 heteroatoms. The Kier molecular flexibility index (Phi) is 2.31. The van der Waals surface area contributed by atoms with Crippen molar-refractivity contribution in [1.82, 2.24) is 4.90 Å². The van der Waals surface area contributed by atoms with Gasteiger partial charge in [-0.1, -0.05) is 24.3 Å². The zero-order valence-corrected chi connectivity index (χ0v) is 7.72. The fourth-order valence-corrected chi connectivity index (χ4v) is 1.60. The van der Waals surface area contributed by atoms with Crippen molar-refractivity contribution in [3.63, 3.8) is 0 Å². The van der Waals surface area contributed by atoms with Crippen LogP contribution in [0.4, 0.5) is 0 Å². The van der Waals surface area contributed by atoms with E-state index in [1.807, 2.05) is 12.2 Å². The minimum absolute atomic E-state index is 0.194. The molecule has 2 amide bonds. The lowest BCUT2D eigenvalue weighted by Gasteiger charge is -2.14. The lowest BCUT2D eigenvalue weighted by atomic mass is 10.1. The monoisotopic (exact) mass is 189 g/mol. The molecule has 1 heterocycles.